The predicted molar refractivity (Wildman–Crippen MR) is 244 cm³/mol. The van der Waals surface area contributed by atoms with E-state index in [1.165, 1.54) is 26.0 Å². The number of carbonyl (C=O) groups excluding carboxylic acids is 2. The lowest BCUT2D eigenvalue weighted by Gasteiger charge is -2.40. The first-order valence-corrected chi connectivity index (χ1v) is 26.1. The molecule has 73 heavy (non-hydrogen) atoms. The Labute approximate surface area is 414 Å². The fraction of sp³-hybridized carbons (Fsp3) is 0.455. The third-order valence-electron chi connectivity index (χ3n) is 13.2. The second kappa shape index (κ2) is 18.1. The number of hydrogen-bond acceptors (Lipinski definition) is 10. The lowest BCUT2D eigenvalue weighted by atomic mass is 9.93. The van der Waals surface area contributed by atoms with Crippen molar-refractivity contribution >= 4 is 66.0 Å². The van der Waals surface area contributed by atoms with Crippen molar-refractivity contribution in [3.63, 3.8) is 0 Å². The molecule has 4 heterocycles. The first kappa shape index (κ1) is 53.3. The summed E-state index contributed by atoms with van der Waals surface area (Å²) in [5.41, 5.74) is 0.368. The molecule has 394 valence electrons. The molecule has 5 aromatic rings. The molecule has 1 unspecified atom stereocenters. The summed E-state index contributed by atoms with van der Waals surface area (Å²) in [6, 6.07) is 3.98. The number of pyridine rings is 1. The van der Waals surface area contributed by atoms with E-state index in [2.05, 4.69) is 15.5 Å². The molecule has 0 bridgehead atoms. The Bertz CT molecular complexity index is 3320. The van der Waals surface area contributed by atoms with Gasteiger partial charge in [-0.2, -0.15) is 49.6 Å². The quantitative estimate of drug-likeness (QED) is 0.0529. The summed E-state index contributed by atoms with van der Waals surface area (Å²) in [5.74, 6) is -12.0. The zero-order valence-electron chi connectivity index (χ0n) is 38.6. The topological polar surface area (TPSA) is 219 Å². The van der Waals surface area contributed by atoms with E-state index in [1.54, 1.807) is 0 Å². The SMILES string of the molecule is CC(C)(CCc1ccc(-c2ccc(Cl)c3c(N(C(=O)N4CC(C(=N)N)C4)S(C)(=O)=O)nn(CC(F)(F)F)c23)c([C@H](Cc2cc(F)cc(F)c2)NC(=O)Cn2nc(C(F)(F)F)c3c2C(F)(F)C2C[C@H]32)n1)S(C)(=O)=O. The van der Waals surface area contributed by atoms with Crippen molar-refractivity contribution in [2.75, 3.05) is 29.9 Å². The molecule has 29 heteroatoms. The number of likely N-dealkylation sites (tertiary alicyclic amines) is 1. The molecular weight excluding hydrogens is 1050 g/mol. The number of urea groups is 1. The van der Waals surface area contributed by atoms with Gasteiger partial charge in [0.1, 0.15) is 30.4 Å². The molecule has 0 radical (unpaired) electrons. The van der Waals surface area contributed by atoms with E-state index >= 15 is 8.78 Å². The van der Waals surface area contributed by atoms with Crippen LogP contribution < -0.4 is 15.4 Å². The fourth-order valence-electron chi connectivity index (χ4n) is 9.17. The number of rotatable bonds is 15. The summed E-state index contributed by atoms with van der Waals surface area (Å²) in [4.78, 5) is 33.8. The summed E-state index contributed by atoms with van der Waals surface area (Å²) in [7, 11) is -8.52. The van der Waals surface area contributed by atoms with Gasteiger partial charge < -0.3 is 16.0 Å². The largest absolute Gasteiger partial charge is 0.435 e. The van der Waals surface area contributed by atoms with E-state index < -0.39 is 148 Å². The summed E-state index contributed by atoms with van der Waals surface area (Å²) in [6.45, 7) is -0.905. The number of alkyl halides is 8. The van der Waals surface area contributed by atoms with Crippen LogP contribution in [0.15, 0.2) is 42.5 Å². The number of aromatic nitrogens is 5. The molecule has 8 rings (SSSR count). The number of benzene rings is 2. The third kappa shape index (κ3) is 10.3. The van der Waals surface area contributed by atoms with Gasteiger partial charge in [-0.1, -0.05) is 23.7 Å². The number of carbonyl (C=O) groups is 2. The van der Waals surface area contributed by atoms with Gasteiger partial charge in [0, 0.05) is 53.7 Å². The maximum Gasteiger partial charge on any atom is 0.435 e. The number of nitrogens with two attached hydrogens (primary N) is 1. The van der Waals surface area contributed by atoms with E-state index in [0.29, 0.717) is 17.0 Å². The number of amidine groups is 1. The Kier molecular flexibility index (Phi) is 13.2. The van der Waals surface area contributed by atoms with Crippen molar-refractivity contribution in [3.8, 4) is 11.1 Å². The molecule has 3 aliphatic rings. The highest BCUT2D eigenvalue weighted by atomic mass is 35.5. The molecule has 1 saturated heterocycles. The van der Waals surface area contributed by atoms with Gasteiger partial charge in [-0.05, 0) is 75.3 Å². The normalized spacial score (nSPS) is 18.3. The number of anilines is 1. The van der Waals surface area contributed by atoms with Gasteiger partial charge in [0.05, 0.1) is 50.4 Å². The molecule has 3 aromatic heterocycles. The second-order valence-electron chi connectivity index (χ2n) is 19.0. The second-order valence-corrected chi connectivity index (χ2v) is 23.9. The van der Waals surface area contributed by atoms with Gasteiger partial charge >= 0.3 is 18.4 Å². The molecule has 1 saturated carbocycles. The number of halogens is 11. The standard InChI is InChI=1S/C44H43ClF10N10O6S2/c1-41(2,72(3,68)69)10-9-24-5-6-25(26-7-8-29(45)33-35(26)64(19-42(48,49)50)61-39(33)65(73(4,70)71)40(67)62-16-21(17-62)38(56)57)34(58-24)30(13-20-11-22(46)14-23(47)12-20)59-31(66)18-63-37-32(36(60-63)44(53,54)55)27-15-28(27)43(37,51)52/h5-8,11-12,14,21,27-28,30H,9-10,13,15-19H2,1-4H3,(H3,56,57)(H,59,66)/t27-,28?,30-/m0/s1. The van der Waals surface area contributed by atoms with E-state index in [-0.39, 0.29) is 75.3 Å². The van der Waals surface area contributed by atoms with E-state index in [1.807, 2.05) is 0 Å². The minimum absolute atomic E-state index is 0.0562. The Hall–Kier alpha value is -6.03. The van der Waals surface area contributed by atoms with Crippen LogP contribution in [0.5, 0.6) is 0 Å². The molecule has 3 amide bonds. The van der Waals surface area contributed by atoms with Crippen molar-refractivity contribution in [1.29, 1.82) is 5.41 Å². The lowest BCUT2D eigenvalue weighted by molar-refractivity contribution is -0.143. The number of fused-ring (bicyclic) bond motifs is 4. The monoisotopic (exact) mass is 1100 g/mol. The van der Waals surface area contributed by atoms with Crippen LogP contribution in [0, 0.1) is 28.9 Å². The van der Waals surface area contributed by atoms with Crippen LogP contribution in [0.3, 0.4) is 0 Å². The molecule has 1 aliphatic heterocycles. The average molecular weight is 1100 g/mol. The van der Waals surface area contributed by atoms with Crippen molar-refractivity contribution in [1.82, 2.24) is 34.8 Å². The van der Waals surface area contributed by atoms with Crippen LogP contribution in [-0.4, -0.2) is 101 Å². The summed E-state index contributed by atoms with van der Waals surface area (Å²) in [5, 5.41) is 16.6. The van der Waals surface area contributed by atoms with E-state index in [4.69, 9.17) is 27.7 Å². The van der Waals surface area contributed by atoms with E-state index in [9.17, 15) is 61.5 Å². The van der Waals surface area contributed by atoms with Crippen LogP contribution in [0.4, 0.5) is 54.5 Å². The van der Waals surface area contributed by atoms with Gasteiger partial charge in [0.25, 0.3) is 5.92 Å². The maximum atomic E-state index is 15.6. The Balaban J connectivity index is 1.33. The Morgan fingerprint density at radius 3 is 2.16 bits per heavy atom. The summed E-state index contributed by atoms with van der Waals surface area (Å²) >= 11 is 6.68. The lowest BCUT2D eigenvalue weighted by Crippen LogP contribution is -2.59. The molecule has 4 N–H and O–H groups in total. The van der Waals surface area contributed by atoms with Gasteiger partial charge in [-0.3, -0.25) is 24.6 Å². The maximum absolute atomic E-state index is 15.6. The highest BCUT2D eigenvalue weighted by molar-refractivity contribution is 7.93. The van der Waals surface area contributed by atoms with Crippen molar-refractivity contribution < 1.29 is 70.3 Å². The number of hydrogen-bond donors (Lipinski definition) is 3. The Morgan fingerprint density at radius 1 is 0.959 bits per heavy atom. The van der Waals surface area contributed by atoms with Crippen LogP contribution in [0.1, 0.15) is 72.6 Å². The van der Waals surface area contributed by atoms with Crippen molar-refractivity contribution in [3.05, 3.63) is 93.0 Å². The minimum Gasteiger partial charge on any atom is -0.387 e. The van der Waals surface area contributed by atoms with Gasteiger partial charge in [-0.25, -0.2) is 30.4 Å². The van der Waals surface area contributed by atoms with Crippen LogP contribution in [0.2, 0.25) is 5.02 Å². The highest BCUT2D eigenvalue weighted by Gasteiger charge is 2.68. The predicted octanol–water partition coefficient (Wildman–Crippen LogP) is 7.63. The average Bonchev–Trinajstić information content (AvgIpc) is 3.73. The molecular formula is C44H43ClF10N10O6S2. The number of nitrogens with one attached hydrogen (secondary N) is 2. The molecule has 2 aromatic carbocycles. The van der Waals surface area contributed by atoms with Crippen LogP contribution >= 0.6 is 11.6 Å². The number of sulfonamides is 1. The smallest absolute Gasteiger partial charge is 0.387 e. The van der Waals surface area contributed by atoms with Crippen molar-refractivity contribution in [2.45, 2.75) is 87.6 Å². The summed E-state index contributed by atoms with van der Waals surface area (Å²) < 4.78 is 199. The zero-order valence-corrected chi connectivity index (χ0v) is 41.0. The molecule has 3 atom stereocenters. The van der Waals surface area contributed by atoms with Gasteiger partial charge in [0.15, 0.2) is 21.3 Å². The first-order chi connectivity index (χ1) is 33.6. The van der Waals surface area contributed by atoms with Crippen LogP contribution in [0.25, 0.3) is 22.0 Å². The Morgan fingerprint density at radius 2 is 1.59 bits per heavy atom. The first-order valence-electron chi connectivity index (χ1n) is 22.0. The number of sulfone groups is 1. The molecule has 16 nitrogen and oxygen atoms in total. The molecule has 0 spiro atoms. The van der Waals surface area contributed by atoms with Crippen molar-refractivity contribution in [2.24, 2.45) is 17.6 Å². The van der Waals surface area contributed by atoms with E-state index in [0.717, 1.165) is 35.4 Å². The minimum atomic E-state index is -5.21. The number of aryl methyl sites for hydroxylation is 1. The molecule has 2 fully saturated rings. The van der Waals surface area contributed by atoms with Gasteiger partial charge in [0.2, 0.25) is 15.9 Å². The molecule has 2 aliphatic carbocycles. The van der Waals surface area contributed by atoms with Crippen LogP contribution in [-0.2, 0) is 62.7 Å². The highest BCUT2D eigenvalue weighted by Crippen LogP contribution is 2.68. The summed E-state index contributed by atoms with van der Waals surface area (Å²) in [6.07, 6.45) is -9.97. The number of nitrogens with zero attached hydrogens (tertiary/aromatic N) is 7. The third-order valence-corrected chi connectivity index (χ3v) is 16.7. The van der Waals surface area contributed by atoms with Gasteiger partial charge in [-0.15, -0.1) is 0 Å². The zero-order chi connectivity index (χ0) is 53.9. The number of amides is 3. The fourth-order valence-corrected chi connectivity index (χ4v) is 10.7.